The number of carbonyl (C=O) groups is 2. The molecular weight excluding hydrogens is 362 g/mol. The van der Waals surface area contributed by atoms with Crippen molar-refractivity contribution in [3.05, 3.63) is 54.7 Å². The highest BCUT2D eigenvalue weighted by Crippen LogP contribution is 2.31. The fraction of sp³-hybridized carbons (Fsp3) is 0.211. The lowest BCUT2D eigenvalue weighted by Crippen LogP contribution is -2.41. The van der Waals surface area contributed by atoms with Crippen LogP contribution in [0.5, 0.6) is 5.75 Å². The van der Waals surface area contributed by atoms with Gasteiger partial charge in [0.25, 0.3) is 5.91 Å². The van der Waals surface area contributed by atoms with Crippen LogP contribution in [-0.2, 0) is 16.1 Å². The van der Waals surface area contributed by atoms with Gasteiger partial charge in [0.05, 0.1) is 12.2 Å². The second-order valence-electron chi connectivity index (χ2n) is 6.08. The Morgan fingerprint density at radius 3 is 2.96 bits per heavy atom. The van der Waals surface area contributed by atoms with Gasteiger partial charge in [0.2, 0.25) is 17.6 Å². The molecule has 0 saturated heterocycles. The molecule has 1 aliphatic heterocycles. The molecule has 0 saturated carbocycles. The predicted molar refractivity (Wildman–Crippen MR) is 98.3 cm³/mol. The summed E-state index contributed by atoms with van der Waals surface area (Å²) < 4.78 is 10.5. The normalized spacial score (nSPS) is 13.0. The Morgan fingerprint density at radius 2 is 2.11 bits per heavy atom. The fourth-order valence-electron chi connectivity index (χ4n) is 2.81. The van der Waals surface area contributed by atoms with Crippen molar-refractivity contribution >= 4 is 17.5 Å². The zero-order valence-corrected chi connectivity index (χ0v) is 14.9. The van der Waals surface area contributed by atoms with Crippen molar-refractivity contribution in [2.24, 2.45) is 0 Å². The molecule has 9 nitrogen and oxygen atoms in total. The maximum atomic E-state index is 12.2. The Morgan fingerprint density at radius 1 is 1.21 bits per heavy atom. The van der Waals surface area contributed by atoms with E-state index in [1.165, 1.54) is 0 Å². The summed E-state index contributed by atoms with van der Waals surface area (Å²) in [5.41, 5.74) is 1.40. The molecule has 0 atom stereocenters. The average Bonchev–Trinajstić information content (AvgIpc) is 3.21. The standard InChI is InChI=1S/C19H17N5O4/c25-16(7-9-24-14-5-1-2-6-15(14)27-12-18(24)26)21-11-17-22-19(23-28-17)13-4-3-8-20-10-13/h1-6,8,10H,7,9,11-12H2,(H,21,25). The fourth-order valence-corrected chi connectivity index (χ4v) is 2.81. The van der Waals surface area contributed by atoms with Crippen LogP contribution in [0.2, 0.25) is 0 Å². The second-order valence-corrected chi connectivity index (χ2v) is 6.08. The Labute approximate surface area is 160 Å². The van der Waals surface area contributed by atoms with E-state index in [0.717, 1.165) is 5.56 Å². The first-order valence-corrected chi connectivity index (χ1v) is 8.72. The molecule has 3 heterocycles. The van der Waals surface area contributed by atoms with Crippen molar-refractivity contribution in [2.75, 3.05) is 18.1 Å². The van der Waals surface area contributed by atoms with E-state index in [1.54, 1.807) is 35.5 Å². The average molecular weight is 379 g/mol. The van der Waals surface area contributed by atoms with Gasteiger partial charge in [0.1, 0.15) is 5.75 Å². The van der Waals surface area contributed by atoms with E-state index in [1.807, 2.05) is 18.2 Å². The number of anilines is 1. The van der Waals surface area contributed by atoms with Crippen LogP contribution >= 0.6 is 0 Å². The van der Waals surface area contributed by atoms with Crippen LogP contribution in [0, 0.1) is 0 Å². The molecule has 0 spiro atoms. The molecule has 9 heteroatoms. The van der Waals surface area contributed by atoms with Crippen LogP contribution in [-0.4, -0.2) is 40.1 Å². The van der Waals surface area contributed by atoms with Crippen LogP contribution in [0.25, 0.3) is 11.4 Å². The van der Waals surface area contributed by atoms with Crippen molar-refractivity contribution < 1.29 is 18.8 Å². The van der Waals surface area contributed by atoms with Gasteiger partial charge in [-0.1, -0.05) is 17.3 Å². The van der Waals surface area contributed by atoms with Crippen molar-refractivity contribution in [3.8, 4) is 17.1 Å². The van der Waals surface area contributed by atoms with E-state index >= 15 is 0 Å². The van der Waals surface area contributed by atoms with Crippen molar-refractivity contribution in [1.82, 2.24) is 20.4 Å². The number of aromatic nitrogens is 3. The van der Waals surface area contributed by atoms with E-state index in [9.17, 15) is 9.59 Å². The summed E-state index contributed by atoms with van der Waals surface area (Å²) >= 11 is 0. The Bertz CT molecular complexity index is 989. The first-order chi connectivity index (χ1) is 13.7. The van der Waals surface area contributed by atoms with Gasteiger partial charge in [-0.25, -0.2) is 0 Å². The molecule has 1 aliphatic rings. The number of nitrogens with one attached hydrogen (secondary N) is 1. The summed E-state index contributed by atoms with van der Waals surface area (Å²) in [6.45, 7) is 0.341. The molecule has 1 N–H and O–H groups in total. The number of fused-ring (bicyclic) bond motifs is 1. The minimum absolute atomic E-state index is 0.0300. The highest BCUT2D eigenvalue weighted by molar-refractivity contribution is 5.98. The number of rotatable bonds is 6. The number of para-hydroxylation sites is 2. The quantitative estimate of drug-likeness (QED) is 0.692. The number of hydrogen-bond donors (Lipinski definition) is 1. The Kier molecular flexibility index (Phi) is 4.96. The number of ether oxygens (including phenoxy) is 1. The Hall–Kier alpha value is -3.75. The predicted octanol–water partition coefficient (Wildman–Crippen LogP) is 1.56. The van der Waals surface area contributed by atoms with Crippen molar-refractivity contribution in [3.63, 3.8) is 0 Å². The van der Waals surface area contributed by atoms with Crippen LogP contribution in [0.4, 0.5) is 5.69 Å². The molecule has 2 aromatic heterocycles. The number of pyridine rings is 1. The molecule has 3 aromatic rings. The summed E-state index contributed by atoms with van der Waals surface area (Å²) in [7, 11) is 0. The molecule has 4 rings (SSSR count). The molecule has 142 valence electrons. The van der Waals surface area contributed by atoms with Crippen LogP contribution in [0.1, 0.15) is 12.3 Å². The van der Waals surface area contributed by atoms with Gasteiger partial charge in [-0.3, -0.25) is 14.6 Å². The van der Waals surface area contributed by atoms with Gasteiger partial charge >= 0.3 is 0 Å². The minimum Gasteiger partial charge on any atom is -0.482 e. The van der Waals surface area contributed by atoms with Crippen LogP contribution in [0.15, 0.2) is 53.3 Å². The van der Waals surface area contributed by atoms with Gasteiger partial charge in [-0.05, 0) is 24.3 Å². The van der Waals surface area contributed by atoms with Gasteiger partial charge in [-0.2, -0.15) is 4.98 Å². The number of hydrogen-bond acceptors (Lipinski definition) is 7. The molecule has 1 aromatic carbocycles. The molecular formula is C19H17N5O4. The van der Waals surface area contributed by atoms with E-state index in [-0.39, 0.29) is 37.9 Å². The smallest absolute Gasteiger partial charge is 0.265 e. The summed E-state index contributed by atoms with van der Waals surface area (Å²) in [5.74, 6) is 0.937. The largest absolute Gasteiger partial charge is 0.482 e. The van der Waals surface area contributed by atoms with Crippen LogP contribution < -0.4 is 15.0 Å². The molecule has 28 heavy (non-hydrogen) atoms. The molecule has 2 amide bonds. The molecule has 0 unspecified atom stereocenters. The van der Waals surface area contributed by atoms with E-state index in [2.05, 4.69) is 20.4 Å². The van der Waals surface area contributed by atoms with Crippen LogP contribution in [0.3, 0.4) is 0 Å². The van der Waals surface area contributed by atoms with Gasteiger partial charge < -0.3 is 19.5 Å². The Balaban J connectivity index is 1.31. The molecule has 0 fully saturated rings. The lowest BCUT2D eigenvalue weighted by Gasteiger charge is -2.29. The topological polar surface area (TPSA) is 110 Å². The zero-order chi connectivity index (χ0) is 19.3. The monoisotopic (exact) mass is 379 g/mol. The van der Waals surface area contributed by atoms with E-state index < -0.39 is 0 Å². The third-order valence-electron chi connectivity index (χ3n) is 4.20. The number of benzene rings is 1. The summed E-state index contributed by atoms with van der Waals surface area (Å²) in [6, 6.07) is 10.8. The second kappa shape index (κ2) is 7.87. The number of nitrogens with zero attached hydrogens (tertiary/aromatic N) is 4. The minimum atomic E-state index is -0.224. The lowest BCUT2D eigenvalue weighted by atomic mass is 10.2. The van der Waals surface area contributed by atoms with E-state index in [4.69, 9.17) is 9.26 Å². The first kappa shape index (κ1) is 17.7. The lowest BCUT2D eigenvalue weighted by molar-refractivity contribution is -0.122. The third-order valence-corrected chi connectivity index (χ3v) is 4.20. The van der Waals surface area contributed by atoms with E-state index in [0.29, 0.717) is 23.2 Å². The maximum absolute atomic E-state index is 12.2. The third kappa shape index (κ3) is 3.83. The number of amides is 2. The summed E-state index contributed by atoms with van der Waals surface area (Å²) in [4.78, 5) is 34.1. The van der Waals surface area contributed by atoms with Crippen molar-refractivity contribution in [1.29, 1.82) is 0 Å². The molecule has 0 bridgehead atoms. The zero-order valence-electron chi connectivity index (χ0n) is 14.9. The van der Waals surface area contributed by atoms with Gasteiger partial charge in [0, 0.05) is 30.9 Å². The number of carbonyl (C=O) groups excluding carboxylic acids is 2. The highest BCUT2D eigenvalue weighted by Gasteiger charge is 2.25. The maximum Gasteiger partial charge on any atom is 0.265 e. The van der Waals surface area contributed by atoms with Gasteiger partial charge in [-0.15, -0.1) is 0 Å². The SMILES string of the molecule is O=C(CCN1C(=O)COc2ccccc21)NCc1nc(-c2cccnc2)no1. The molecule has 0 radical (unpaired) electrons. The summed E-state index contributed by atoms with van der Waals surface area (Å²) in [6.07, 6.45) is 3.43. The highest BCUT2D eigenvalue weighted by atomic mass is 16.5. The van der Waals surface area contributed by atoms with Gasteiger partial charge in [0.15, 0.2) is 6.61 Å². The first-order valence-electron chi connectivity index (χ1n) is 8.72. The summed E-state index contributed by atoms with van der Waals surface area (Å²) in [5, 5.41) is 6.60. The van der Waals surface area contributed by atoms with Crippen molar-refractivity contribution in [2.45, 2.75) is 13.0 Å². The molecule has 0 aliphatic carbocycles.